The summed E-state index contributed by atoms with van der Waals surface area (Å²) in [5.74, 6) is -0.264. The molecule has 1 rings (SSSR count). The molecule has 1 N–H and O–H groups in total. The van der Waals surface area contributed by atoms with Crippen molar-refractivity contribution in [2.75, 3.05) is 0 Å². The molecular weight excluding hydrogens is 254 g/mol. The summed E-state index contributed by atoms with van der Waals surface area (Å²) in [6.07, 6.45) is 1.32. The SMILES string of the molecule is CCCC(C)(NC(=O)C(C)C)C(=O)Oc1ccccc1. The minimum absolute atomic E-state index is 0.147. The molecule has 0 aliphatic heterocycles. The van der Waals surface area contributed by atoms with Crippen molar-refractivity contribution in [3.05, 3.63) is 30.3 Å². The summed E-state index contributed by atoms with van der Waals surface area (Å²) in [5, 5.41) is 2.80. The monoisotopic (exact) mass is 277 g/mol. The van der Waals surface area contributed by atoms with Crippen molar-refractivity contribution in [2.45, 2.75) is 46.1 Å². The molecule has 0 bridgehead atoms. The molecule has 4 heteroatoms. The number of carbonyl (C=O) groups excluding carboxylic acids is 2. The van der Waals surface area contributed by atoms with Gasteiger partial charge in [-0.3, -0.25) is 4.79 Å². The number of hydrogen-bond acceptors (Lipinski definition) is 3. The lowest BCUT2D eigenvalue weighted by atomic mass is 9.95. The number of para-hydroxylation sites is 1. The fraction of sp³-hybridized carbons (Fsp3) is 0.500. The maximum Gasteiger partial charge on any atom is 0.336 e. The van der Waals surface area contributed by atoms with Crippen molar-refractivity contribution in [2.24, 2.45) is 5.92 Å². The average Bonchev–Trinajstić information content (AvgIpc) is 2.39. The van der Waals surface area contributed by atoms with Crippen molar-refractivity contribution >= 4 is 11.9 Å². The Balaban J connectivity index is 2.83. The first-order chi connectivity index (χ1) is 9.39. The van der Waals surface area contributed by atoms with E-state index in [1.165, 1.54) is 0 Å². The summed E-state index contributed by atoms with van der Waals surface area (Å²) < 4.78 is 5.36. The predicted molar refractivity (Wildman–Crippen MR) is 78.4 cm³/mol. The highest BCUT2D eigenvalue weighted by Crippen LogP contribution is 2.18. The number of carbonyl (C=O) groups is 2. The van der Waals surface area contributed by atoms with E-state index in [-0.39, 0.29) is 11.8 Å². The van der Waals surface area contributed by atoms with Crippen LogP contribution in [0.1, 0.15) is 40.5 Å². The number of amides is 1. The van der Waals surface area contributed by atoms with E-state index in [0.717, 1.165) is 6.42 Å². The average molecular weight is 277 g/mol. The van der Waals surface area contributed by atoms with E-state index < -0.39 is 11.5 Å². The molecule has 1 amide bonds. The highest BCUT2D eigenvalue weighted by molar-refractivity contribution is 5.89. The van der Waals surface area contributed by atoms with Crippen molar-refractivity contribution in [1.82, 2.24) is 5.32 Å². The van der Waals surface area contributed by atoms with Crippen LogP contribution in [0.2, 0.25) is 0 Å². The van der Waals surface area contributed by atoms with Gasteiger partial charge in [-0.15, -0.1) is 0 Å². The lowest BCUT2D eigenvalue weighted by Crippen LogP contribution is -2.55. The molecule has 20 heavy (non-hydrogen) atoms. The third-order valence-corrected chi connectivity index (χ3v) is 3.08. The maximum atomic E-state index is 12.3. The van der Waals surface area contributed by atoms with E-state index in [2.05, 4.69) is 5.32 Å². The Morgan fingerprint density at radius 1 is 1.25 bits per heavy atom. The maximum absolute atomic E-state index is 12.3. The highest BCUT2D eigenvalue weighted by Gasteiger charge is 2.36. The van der Waals surface area contributed by atoms with Gasteiger partial charge in [-0.25, -0.2) is 4.79 Å². The van der Waals surface area contributed by atoms with Crippen LogP contribution in [-0.4, -0.2) is 17.4 Å². The Morgan fingerprint density at radius 2 is 1.85 bits per heavy atom. The molecule has 0 heterocycles. The molecule has 0 fully saturated rings. The highest BCUT2D eigenvalue weighted by atomic mass is 16.5. The first kappa shape index (κ1) is 16.2. The van der Waals surface area contributed by atoms with Gasteiger partial charge in [0.1, 0.15) is 11.3 Å². The Morgan fingerprint density at radius 3 is 2.35 bits per heavy atom. The standard InChI is InChI=1S/C16H23NO3/c1-5-11-16(4,17-14(18)12(2)3)15(19)20-13-9-7-6-8-10-13/h6-10,12H,5,11H2,1-4H3,(H,17,18). The minimum Gasteiger partial charge on any atom is -0.425 e. The Bertz CT molecular complexity index is 456. The van der Waals surface area contributed by atoms with Gasteiger partial charge in [0.2, 0.25) is 5.91 Å². The zero-order valence-corrected chi connectivity index (χ0v) is 12.6. The first-order valence-electron chi connectivity index (χ1n) is 6.98. The van der Waals surface area contributed by atoms with Crippen LogP contribution in [0.3, 0.4) is 0 Å². The van der Waals surface area contributed by atoms with Crippen LogP contribution in [0.25, 0.3) is 0 Å². The van der Waals surface area contributed by atoms with Gasteiger partial charge in [-0.05, 0) is 25.5 Å². The second-order valence-corrected chi connectivity index (χ2v) is 5.43. The zero-order valence-electron chi connectivity index (χ0n) is 12.6. The zero-order chi connectivity index (χ0) is 15.2. The van der Waals surface area contributed by atoms with Crippen LogP contribution < -0.4 is 10.1 Å². The molecular formula is C16H23NO3. The lowest BCUT2D eigenvalue weighted by Gasteiger charge is -2.29. The number of rotatable bonds is 6. The Labute approximate surface area is 120 Å². The van der Waals surface area contributed by atoms with Crippen LogP contribution >= 0.6 is 0 Å². The van der Waals surface area contributed by atoms with E-state index in [9.17, 15) is 9.59 Å². The minimum atomic E-state index is -0.994. The van der Waals surface area contributed by atoms with Crippen molar-refractivity contribution in [3.8, 4) is 5.75 Å². The van der Waals surface area contributed by atoms with Crippen LogP contribution in [0.5, 0.6) is 5.75 Å². The van der Waals surface area contributed by atoms with Gasteiger partial charge in [0.05, 0.1) is 0 Å². The Hall–Kier alpha value is -1.84. The molecule has 1 unspecified atom stereocenters. The molecule has 1 aromatic rings. The normalized spacial score (nSPS) is 13.7. The smallest absolute Gasteiger partial charge is 0.336 e. The number of esters is 1. The molecule has 0 aromatic heterocycles. The third kappa shape index (κ3) is 4.37. The van der Waals surface area contributed by atoms with E-state index in [1.807, 2.05) is 13.0 Å². The van der Waals surface area contributed by atoms with Gasteiger partial charge >= 0.3 is 5.97 Å². The van der Waals surface area contributed by atoms with Crippen molar-refractivity contribution in [3.63, 3.8) is 0 Å². The number of benzene rings is 1. The topological polar surface area (TPSA) is 55.4 Å². The molecule has 1 atom stereocenters. The second-order valence-electron chi connectivity index (χ2n) is 5.43. The van der Waals surface area contributed by atoms with Gasteiger partial charge in [-0.2, -0.15) is 0 Å². The summed E-state index contributed by atoms with van der Waals surface area (Å²) in [6, 6.07) is 8.88. The second kappa shape index (κ2) is 7.08. The van der Waals surface area contributed by atoms with E-state index in [4.69, 9.17) is 4.74 Å². The summed E-state index contributed by atoms with van der Waals surface area (Å²) in [6.45, 7) is 7.27. The molecule has 110 valence electrons. The first-order valence-corrected chi connectivity index (χ1v) is 6.98. The summed E-state index contributed by atoms with van der Waals surface area (Å²) in [4.78, 5) is 24.2. The largest absolute Gasteiger partial charge is 0.425 e. The Kier molecular flexibility index (Phi) is 5.74. The lowest BCUT2D eigenvalue weighted by molar-refractivity contribution is -0.145. The van der Waals surface area contributed by atoms with E-state index in [0.29, 0.717) is 12.2 Å². The van der Waals surface area contributed by atoms with E-state index >= 15 is 0 Å². The summed E-state index contributed by atoms with van der Waals surface area (Å²) in [7, 11) is 0. The van der Waals surface area contributed by atoms with Crippen molar-refractivity contribution < 1.29 is 14.3 Å². The molecule has 0 saturated heterocycles. The number of hydrogen-bond donors (Lipinski definition) is 1. The van der Waals surface area contributed by atoms with Gasteiger partial charge in [0, 0.05) is 5.92 Å². The van der Waals surface area contributed by atoms with Crippen LogP contribution in [-0.2, 0) is 9.59 Å². The number of nitrogens with one attached hydrogen (secondary N) is 1. The van der Waals surface area contributed by atoms with E-state index in [1.54, 1.807) is 45.0 Å². The molecule has 0 aliphatic rings. The molecule has 4 nitrogen and oxygen atoms in total. The fourth-order valence-corrected chi connectivity index (χ4v) is 1.84. The van der Waals surface area contributed by atoms with Crippen molar-refractivity contribution in [1.29, 1.82) is 0 Å². The quantitative estimate of drug-likeness (QED) is 0.642. The summed E-state index contributed by atoms with van der Waals surface area (Å²) in [5.41, 5.74) is -0.994. The molecule has 0 aliphatic carbocycles. The molecule has 0 saturated carbocycles. The molecule has 0 spiro atoms. The summed E-state index contributed by atoms with van der Waals surface area (Å²) >= 11 is 0. The third-order valence-electron chi connectivity index (χ3n) is 3.08. The van der Waals surface area contributed by atoms with Gasteiger partial charge in [0.15, 0.2) is 0 Å². The van der Waals surface area contributed by atoms with Gasteiger partial charge in [0.25, 0.3) is 0 Å². The van der Waals surface area contributed by atoms with Gasteiger partial charge < -0.3 is 10.1 Å². The van der Waals surface area contributed by atoms with Crippen LogP contribution in [0.15, 0.2) is 30.3 Å². The molecule has 1 aromatic carbocycles. The van der Waals surface area contributed by atoms with Gasteiger partial charge in [-0.1, -0.05) is 45.4 Å². The number of ether oxygens (including phenoxy) is 1. The van der Waals surface area contributed by atoms with Crippen LogP contribution in [0, 0.1) is 5.92 Å². The van der Waals surface area contributed by atoms with Crippen LogP contribution in [0.4, 0.5) is 0 Å². The fourth-order valence-electron chi connectivity index (χ4n) is 1.84. The molecule has 0 radical (unpaired) electrons. The predicted octanol–water partition coefficient (Wildman–Crippen LogP) is 2.92.